The molecular weight excluding hydrogens is 230 g/mol. The molecular formula is C14H19NO3. The highest BCUT2D eigenvalue weighted by Gasteiger charge is 2.15. The van der Waals surface area contributed by atoms with Gasteiger partial charge in [-0.3, -0.25) is 0 Å². The van der Waals surface area contributed by atoms with Gasteiger partial charge in [0.25, 0.3) is 0 Å². The minimum Gasteiger partial charge on any atom is -0.490 e. The summed E-state index contributed by atoms with van der Waals surface area (Å²) in [5.74, 6) is 0.445. The molecule has 1 aromatic carbocycles. The number of carbonyl (C=O) groups is 1. The summed E-state index contributed by atoms with van der Waals surface area (Å²) >= 11 is 0. The van der Waals surface area contributed by atoms with Gasteiger partial charge >= 0.3 is 5.97 Å². The molecule has 18 heavy (non-hydrogen) atoms. The first-order valence-corrected chi connectivity index (χ1v) is 6.44. The maximum Gasteiger partial charge on any atom is 0.338 e. The summed E-state index contributed by atoms with van der Waals surface area (Å²) in [6, 6.07) is 7.20. The number of esters is 1. The van der Waals surface area contributed by atoms with E-state index in [4.69, 9.17) is 9.47 Å². The van der Waals surface area contributed by atoms with Gasteiger partial charge in [-0.2, -0.15) is 0 Å². The molecule has 1 aromatic rings. The molecule has 1 aliphatic rings. The summed E-state index contributed by atoms with van der Waals surface area (Å²) in [6.45, 7) is 4.16. The molecule has 0 radical (unpaired) electrons. The Labute approximate surface area is 107 Å². The Hall–Kier alpha value is -1.55. The van der Waals surface area contributed by atoms with Crippen LogP contribution >= 0.6 is 0 Å². The van der Waals surface area contributed by atoms with Crippen molar-refractivity contribution < 1.29 is 14.3 Å². The molecule has 0 spiro atoms. The zero-order valence-electron chi connectivity index (χ0n) is 10.6. The normalized spacial score (nSPS) is 16.3. The van der Waals surface area contributed by atoms with Crippen LogP contribution in [0.15, 0.2) is 24.3 Å². The second-order valence-corrected chi connectivity index (χ2v) is 4.32. The average molecular weight is 249 g/mol. The van der Waals surface area contributed by atoms with E-state index in [0.717, 1.165) is 31.7 Å². The summed E-state index contributed by atoms with van der Waals surface area (Å²) in [5, 5.41) is 3.29. The minimum atomic E-state index is -0.298. The largest absolute Gasteiger partial charge is 0.490 e. The van der Waals surface area contributed by atoms with Crippen molar-refractivity contribution in [3.8, 4) is 5.75 Å². The van der Waals surface area contributed by atoms with E-state index in [0.29, 0.717) is 12.2 Å². The first-order valence-electron chi connectivity index (χ1n) is 6.44. The topological polar surface area (TPSA) is 47.6 Å². The van der Waals surface area contributed by atoms with Crippen LogP contribution in [0.1, 0.15) is 30.1 Å². The summed E-state index contributed by atoms with van der Waals surface area (Å²) in [5.41, 5.74) is 0.545. The molecule has 1 fully saturated rings. The summed E-state index contributed by atoms with van der Waals surface area (Å²) in [6.07, 6.45) is 2.25. The van der Waals surface area contributed by atoms with Crippen molar-refractivity contribution in [1.29, 1.82) is 0 Å². The molecule has 4 nitrogen and oxygen atoms in total. The number of nitrogens with one attached hydrogen (secondary N) is 1. The van der Waals surface area contributed by atoms with E-state index in [1.165, 1.54) is 0 Å². The Balaban J connectivity index is 2.00. The molecule has 98 valence electrons. The highest BCUT2D eigenvalue weighted by atomic mass is 16.5. The predicted molar refractivity (Wildman–Crippen MR) is 68.9 cm³/mol. The molecule has 0 aliphatic carbocycles. The number of hydrogen-bond acceptors (Lipinski definition) is 4. The van der Waals surface area contributed by atoms with Crippen LogP contribution in [-0.2, 0) is 4.74 Å². The third-order valence-electron chi connectivity index (χ3n) is 2.93. The third-order valence-corrected chi connectivity index (χ3v) is 2.93. The lowest BCUT2D eigenvalue weighted by Crippen LogP contribution is -2.34. The van der Waals surface area contributed by atoms with Crippen LogP contribution < -0.4 is 10.1 Å². The van der Waals surface area contributed by atoms with E-state index in [2.05, 4.69) is 5.32 Å². The van der Waals surface area contributed by atoms with Crippen molar-refractivity contribution in [2.75, 3.05) is 19.7 Å². The quantitative estimate of drug-likeness (QED) is 0.829. The van der Waals surface area contributed by atoms with Gasteiger partial charge in [0.15, 0.2) is 0 Å². The van der Waals surface area contributed by atoms with Crippen LogP contribution in [0, 0.1) is 0 Å². The van der Waals surface area contributed by atoms with Gasteiger partial charge in [-0.25, -0.2) is 4.79 Å². The SMILES string of the molecule is CCOC(=O)c1cccc(OC2CCNCC2)c1. The smallest absolute Gasteiger partial charge is 0.338 e. The maximum atomic E-state index is 11.6. The minimum absolute atomic E-state index is 0.240. The maximum absolute atomic E-state index is 11.6. The number of ether oxygens (including phenoxy) is 2. The third kappa shape index (κ3) is 3.47. The monoisotopic (exact) mass is 249 g/mol. The molecule has 0 saturated carbocycles. The number of benzene rings is 1. The zero-order valence-corrected chi connectivity index (χ0v) is 10.6. The molecule has 0 amide bonds. The Morgan fingerprint density at radius 3 is 2.89 bits per heavy atom. The van der Waals surface area contributed by atoms with Crippen molar-refractivity contribution in [3.05, 3.63) is 29.8 Å². The predicted octanol–water partition coefficient (Wildman–Crippen LogP) is 1.99. The zero-order chi connectivity index (χ0) is 12.8. The first kappa shape index (κ1) is 12.9. The molecule has 1 saturated heterocycles. The van der Waals surface area contributed by atoms with Gasteiger partial charge in [0.1, 0.15) is 11.9 Å². The molecule has 1 heterocycles. The van der Waals surface area contributed by atoms with E-state index < -0.39 is 0 Å². The Bertz CT molecular complexity index is 400. The summed E-state index contributed by atoms with van der Waals surface area (Å²) in [4.78, 5) is 11.6. The van der Waals surface area contributed by atoms with Crippen LogP contribution in [0.2, 0.25) is 0 Å². The van der Waals surface area contributed by atoms with E-state index in [1.807, 2.05) is 12.1 Å². The second kappa shape index (κ2) is 6.40. The van der Waals surface area contributed by atoms with Gasteiger partial charge < -0.3 is 14.8 Å². The van der Waals surface area contributed by atoms with Gasteiger partial charge in [-0.15, -0.1) is 0 Å². The molecule has 0 atom stereocenters. The fraction of sp³-hybridized carbons (Fsp3) is 0.500. The fourth-order valence-electron chi connectivity index (χ4n) is 2.02. The van der Waals surface area contributed by atoms with Crippen molar-refractivity contribution in [1.82, 2.24) is 5.32 Å². The van der Waals surface area contributed by atoms with Crippen molar-refractivity contribution in [2.45, 2.75) is 25.9 Å². The van der Waals surface area contributed by atoms with Crippen molar-refractivity contribution in [2.24, 2.45) is 0 Å². The molecule has 0 bridgehead atoms. The van der Waals surface area contributed by atoms with E-state index in [9.17, 15) is 4.79 Å². The number of carbonyl (C=O) groups excluding carboxylic acids is 1. The highest BCUT2D eigenvalue weighted by molar-refractivity contribution is 5.89. The highest BCUT2D eigenvalue weighted by Crippen LogP contribution is 2.18. The van der Waals surface area contributed by atoms with Crippen LogP contribution in [0.3, 0.4) is 0 Å². The van der Waals surface area contributed by atoms with E-state index in [-0.39, 0.29) is 12.1 Å². The van der Waals surface area contributed by atoms with Crippen molar-refractivity contribution in [3.63, 3.8) is 0 Å². The Morgan fingerprint density at radius 1 is 1.39 bits per heavy atom. The van der Waals surface area contributed by atoms with Crippen LogP contribution in [0.25, 0.3) is 0 Å². The number of rotatable bonds is 4. The van der Waals surface area contributed by atoms with Crippen LogP contribution in [0.4, 0.5) is 0 Å². The lowest BCUT2D eigenvalue weighted by Gasteiger charge is -2.23. The molecule has 1 aliphatic heterocycles. The molecule has 1 N–H and O–H groups in total. The second-order valence-electron chi connectivity index (χ2n) is 4.32. The summed E-state index contributed by atoms with van der Waals surface area (Å²) < 4.78 is 10.8. The lowest BCUT2D eigenvalue weighted by atomic mass is 10.1. The molecule has 0 unspecified atom stereocenters. The van der Waals surface area contributed by atoms with Gasteiger partial charge in [0.2, 0.25) is 0 Å². The Kier molecular flexibility index (Phi) is 4.59. The lowest BCUT2D eigenvalue weighted by molar-refractivity contribution is 0.0525. The number of hydrogen-bond donors (Lipinski definition) is 1. The standard InChI is InChI=1S/C14H19NO3/c1-2-17-14(16)11-4-3-5-13(10-11)18-12-6-8-15-9-7-12/h3-5,10,12,15H,2,6-9H2,1H3. The molecule has 2 rings (SSSR count). The fourth-order valence-corrected chi connectivity index (χ4v) is 2.02. The summed E-state index contributed by atoms with van der Waals surface area (Å²) in [7, 11) is 0. The van der Waals surface area contributed by atoms with Gasteiger partial charge in [0.05, 0.1) is 12.2 Å². The Morgan fingerprint density at radius 2 is 2.17 bits per heavy atom. The van der Waals surface area contributed by atoms with Crippen LogP contribution in [-0.4, -0.2) is 31.8 Å². The van der Waals surface area contributed by atoms with Gasteiger partial charge in [-0.05, 0) is 51.1 Å². The van der Waals surface area contributed by atoms with Gasteiger partial charge in [-0.1, -0.05) is 6.07 Å². The average Bonchev–Trinajstić information content (AvgIpc) is 2.40. The van der Waals surface area contributed by atoms with Gasteiger partial charge in [0, 0.05) is 0 Å². The van der Waals surface area contributed by atoms with Crippen LogP contribution in [0.5, 0.6) is 5.75 Å². The molecule has 4 heteroatoms. The molecule has 0 aromatic heterocycles. The number of piperidine rings is 1. The van der Waals surface area contributed by atoms with E-state index in [1.54, 1.807) is 19.1 Å². The van der Waals surface area contributed by atoms with E-state index >= 15 is 0 Å². The van der Waals surface area contributed by atoms with Crippen molar-refractivity contribution >= 4 is 5.97 Å². The first-order chi connectivity index (χ1) is 8.79.